The van der Waals surface area contributed by atoms with Crippen LogP contribution in [0, 0.1) is 17.8 Å². The molecule has 0 N–H and O–H groups in total. The molecule has 0 amide bonds. The zero-order chi connectivity index (χ0) is 18.6. The highest BCUT2D eigenvalue weighted by molar-refractivity contribution is 6.30. The van der Waals surface area contributed by atoms with E-state index in [4.69, 9.17) is 16.1 Å². The van der Waals surface area contributed by atoms with Gasteiger partial charge in [0.1, 0.15) is 0 Å². The van der Waals surface area contributed by atoms with E-state index in [2.05, 4.69) is 17.1 Å². The highest BCUT2D eigenvalue weighted by Crippen LogP contribution is 2.44. The van der Waals surface area contributed by atoms with Gasteiger partial charge in [0.15, 0.2) is 5.82 Å². The zero-order valence-corrected chi connectivity index (χ0v) is 17.1. The van der Waals surface area contributed by atoms with E-state index in [0.717, 1.165) is 34.2 Å². The van der Waals surface area contributed by atoms with E-state index in [0.29, 0.717) is 11.8 Å². The number of nitrogens with zero attached hydrogens (tertiary/aromatic N) is 2. The van der Waals surface area contributed by atoms with E-state index < -0.39 is 0 Å². The topological polar surface area (TPSA) is 38.9 Å². The van der Waals surface area contributed by atoms with Crippen LogP contribution >= 0.6 is 11.6 Å². The van der Waals surface area contributed by atoms with Crippen molar-refractivity contribution in [3.05, 3.63) is 35.1 Å². The summed E-state index contributed by atoms with van der Waals surface area (Å²) in [5, 5.41) is 5.01. The van der Waals surface area contributed by atoms with Crippen LogP contribution in [-0.2, 0) is 0 Å². The van der Waals surface area contributed by atoms with Crippen LogP contribution in [0.3, 0.4) is 0 Å². The molecule has 2 aliphatic rings. The molecule has 2 saturated carbocycles. The molecule has 1 aromatic carbocycles. The third kappa shape index (κ3) is 4.56. The molecule has 3 nitrogen and oxygen atoms in total. The first-order valence-electron chi connectivity index (χ1n) is 10.8. The van der Waals surface area contributed by atoms with Gasteiger partial charge in [0, 0.05) is 16.5 Å². The van der Waals surface area contributed by atoms with E-state index in [-0.39, 0.29) is 0 Å². The summed E-state index contributed by atoms with van der Waals surface area (Å²) in [6, 6.07) is 7.60. The van der Waals surface area contributed by atoms with Crippen LogP contribution in [0.15, 0.2) is 28.8 Å². The van der Waals surface area contributed by atoms with Crippen molar-refractivity contribution in [2.45, 2.75) is 77.0 Å². The summed E-state index contributed by atoms with van der Waals surface area (Å²) in [5.74, 6) is 4.86. The summed E-state index contributed by atoms with van der Waals surface area (Å²) >= 11 is 5.96. The van der Waals surface area contributed by atoms with E-state index in [1.165, 1.54) is 64.2 Å². The fourth-order valence-electron chi connectivity index (χ4n) is 5.32. The van der Waals surface area contributed by atoms with Crippen LogP contribution in [0.25, 0.3) is 11.5 Å². The first-order valence-corrected chi connectivity index (χ1v) is 11.2. The molecule has 2 aliphatic carbocycles. The molecule has 0 unspecified atom stereocenters. The maximum absolute atomic E-state index is 5.96. The first-order chi connectivity index (χ1) is 13.2. The SMILES string of the molecule is CCCC1CCC(C2CCC(c3noc(-c4ccc(Cl)cc4)n3)CC2)CC1. The number of halogens is 1. The molecule has 1 aromatic heterocycles. The highest BCUT2D eigenvalue weighted by atomic mass is 35.5. The predicted octanol–water partition coefficient (Wildman–Crippen LogP) is 7.27. The third-order valence-electron chi connectivity index (χ3n) is 6.92. The van der Waals surface area contributed by atoms with Gasteiger partial charge in [-0.3, -0.25) is 0 Å². The summed E-state index contributed by atoms with van der Waals surface area (Å²) in [6.07, 6.45) is 13.7. The number of hydrogen-bond donors (Lipinski definition) is 0. The predicted molar refractivity (Wildman–Crippen MR) is 110 cm³/mol. The molecule has 4 rings (SSSR count). The number of benzene rings is 1. The summed E-state index contributed by atoms with van der Waals surface area (Å²) in [6.45, 7) is 2.32. The Bertz CT molecular complexity index is 710. The maximum Gasteiger partial charge on any atom is 0.257 e. The lowest BCUT2D eigenvalue weighted by atomic mass is 9.68. The van der Waals surface area contributed by atoms with Crippen molar-refractivity contribution in [2.75, 3.05) is 0 Å². The van der Waals surface area contributed by atoms with Crippen molar-refractivity contribution in [3.63, 3.8) is 0 Å². The van der Waals surface area contributed by atoms with Gasteiger partial charge in [0.2, 0.25) is 0 Å². The number of rotatable bonds is 5. The Hall–Kier alpha value is -1.35. The lowest BCUT2D eigenvalue weighted by Gasteiger charge is -2.37. The molecule has 27 heavy (non-hydrogen) atoms. The first kappa shape index (κ1) is 19.0. The van der Waals surface area contributed by atoms with E-state index in [1.54, 1.807) is 0 Å². The minimum Gasteiger partial charge on any atom is -0.334 e. The molecule has 0 aliphatic heterocycles. The molecule has 2 aromatic rings. The molecule has 0 atom stereocenters. The van der Waals surface area contributed by atoms with Gasteiger partial charge < -0.3 is 4.52 Å². The van der Waals surface area contributed by atoms with Crippen molar-refractivity contribution in [1.82, 2.24) is 10.1 Å². The average molecular weight is 387 g/mol. The van der Waals surface area contributed by atoms with Gasteiger partial charge in [0.25, 0.3) is 5.89 Å². The van der Waals surface area contributed by atoms with Gasteiger partial charge in [-0.05, 0) is 80.5 Å². The standard InChI is InChI=1S/C23H31ClN2O/c1-2-3-16-4-6-17(7-5-16)18-8-10-19(11-9-18)22-25-23(27-26-22)20-12-14-21(24)15-13-20/h12-19H,2-11H2,1H3. The van der Waals surface area contributed by atoms with Gasteiger partial charge in [-0.2, -0.15) is 4.98 Å². The Morgan fingerprint density at radius 3 is 2.19 bits per heavy atom. The zero-order valence-electron chi connectivity index (χ0n) is 16.4. The van der Waals surface area contributed by atoms with Gasteiger partial charge in [0.05, 0.1) is 0 Å². The lowest BCUT2D eigenvalue weighted by Crippen LogP contribution is -2.25. The van der Waals surface area contributed by atoms with Gasteiger partial charge >= 0.3 is 0 Å². The van der Waals surface area contributed by atoms with Gasteiger partial charge in [-0.25, -0.2) is 0 Å². The Morgan fingerprint density at radius 2 is 1.56 bits per heavy atom. The summed E-state index contributed by atoms with van der Waals surface area (Å²) in [5.41, 5.74) is 0.940. The number of aromatic nitrogens is 2. The summed E-state index contributed by atoms with van der Waals surface area (Å²) < 4.78 is 5.52. The summed E-state index contributed by atoms with van der Waals surface area (Å²) in [7, 11) is 0. The second-order valence-corrected chi connectivity index (χ2v) is 9.08. The fraction of sp³-hybridized carbons (Fsp3) is 0.652. The molecule has 0 spiro atoms. The molecule has 2 fully saturated rings. The van der Waals surface area contributed by atoms with Crippen LogP contribution in [0.5, 0.6) is 0 Å². The van der Waals surface area contributed by atoms with Gasteiger partial charge in [-0.15, -0.1) is 0 Å². The van der Waals surface area contributed by atoms with Crippen LogP contribution < -0.4 is 0 Å². The molecule has 0 radical (unpaired) electrons. The van der Waals surface area contributed by atoms with Crippen molar-refractivity contribution in [2.24, 2.45) is 17.8 Å². The average Bonchev–Trinajstić information content (AvgIpc) is 3.20. The second kappa shape index (κ2) is 8.77. The third-order valence-corrected chi connectivity index (χ3v) is 7.18. The van der Waals surface area contributed by atoms with Gasteiger partial charge in [-0.1, -0.05) is 49.4 Å². The molecule has 0 bridgehead atoms. The largest absolute Gasteiger partial charge is 0.334 e. The smallest absolute Gasteiger partial charge is 0.257 e. The number of hydrogen-bond acceptors (Lipinski definition) is 3. The van der Waals surface area contributed by atoms with Crippen LogP contribution in [0.4, 0.5) is 0 Å². The molecule has 4 heteroatoms. The Morgan fingerprint density at radius 1 is 0.926 bits per heavy atom. The van der Waals surface area contributed by atoms with E-state index >= 15 is 0 Å². The molecular weight excluding hydrogens is 356 g/mol. The molecule has 1 heterocycles. The van der Waals surface area contributed by atoms with E-state index in [1.807, 2.05) is 24.3 Å². The van der Waals surface area contributed by atoms with Crippen molar-refractivity contribution < 1.29 is 4.52 Å². The second-order valence-electron chi connectivity index (χ2n) is 8.65. The minimum atomic E-state index is 0.461. The molecular formula is C23H31ClN2O. The Balaban J connectivity index is 1.30. The van der Waals surface area contributed by atoms with Crippen molar-refractivity contribution in [3.8, 4) is 11.5 Å². The van der Waals surface area contributed by atoms with E-state index in [9.17, 15) is 0 Å². The summed E-state index contributed by atoms with van der Waals surface area (Å²) in [4.78, 5) is 4.68. The van der Waals surface area contributed by atoms with Crippen molar-refractivity contribution >= 4 is 11.6 Å². The Kier molecular flexibility index (Phi) is 6.17. The van der Waals surface area contributed by atoms with Crippen molar-refractivity contribution in [1.29, 1.82) is 0 Å². The lowest BCUT2D eigenvalue weighted by molar-refractivity contribution is 0.155. The fourth-order valence-corrected chi connectivity index (χ4v) is 5.44. The minimum absolute atomic E-state index is 0.461. The van der Waals surface area contributed by atoms with Crippen LogP contribution in [-0.4, -0.2) is 10.1 Å². The van der Waals surface area contributed by atoms with Crippen LogP contribution in [0.1, 0.15) is 82.9 Å². The Labute approximate surface area is 167 Å². The van der Waals surface area contributed by atoms with Crippen LogP contribution in [0.2, 0.25) is 5.02 Å². The quantitative estimate of drug-likeness (QED) is 0.542. The normalized spacial score (nSPS) is 29.0. The monoisotopic (exact) mass is 386 g/mol. The highest BCUT2D eigenvalue weighted by Gasteiger charge is 2.32. The maximum atomic E-state index is 5.96. The molecule has 0 saturated heterocycles. The molecule has 146 valence electrons.